The van der Waals surface area contributed by atoms with Crippen molar-refractivity contribution in [2.75, 3.05) is 11.9 Å². The first-order valence-electron chi connectivity index (χ1n) is 12.1. The summed E-state index contributed by atoms with van der Waals surface area (Å²) in [6.45, 7) is 2.56. The molecule has 1 fully saturated rings. The van der Waals surface area contributed by atoms with E-state index >= 15 is 0 Å². The van der Waals surface area contributed by atoms with Gasteiger partial charge in [0.05, 0.1) is 12.2 Å². The van der Waals surface area contributed by atoms with Crippen molar-refractivity contribution in [3.8, 4) is 5.75 Å². The van der Waals surface area contributed by atoms with Crippen molar-refractivity contribution in [2.45, 2.75) is 51.9 Å². The van der Waals surface area contributed by atoms with E-state index in [9.17, 15) is 14.4 Å². The molecule has 4 N–H and O–H groups in total. The minimum atomic E-state index is -0.465. The van der Waals surface area contributed by atoms with Crippen molar-refractivity contribution in [1.29, 1.82) is 0 Å². The van der Waals surface area contributed by atoms with Gasteiger partial charge in [0.1, 0.15) is 5.75 Å². The largest absolute Gasteiger partial charge is 0.493 e. The van der Waals surface area contributed by atoms with E-state index in [1.54, 1.807) is 42.5 Å². The smallest absolute Gasteiger partial charge is 0.269 e. The second-order valence-electron chi connectivity index (χ2n) is 8.61. The first-order valence-corrected chi connectivity index (χ1v) is 13.3. The van der Waals surface area contributed by atoms with E-state index in [0.29, 0.717) is 29.2 Å². The average Bonchev–Trinajstić information content (AvgIpc) is 2.89. The fourth-order valence-electron chi connectivity index (χ4n) is 3.83. The van der Waals surface area contributed by atoms with E-state index in [-0.39, 0.29) is 16.9 Å². The molecule has 192 valence electrons. The number of hydrogen-bond donors (Lipinski definition) is 4. The lowest BCUT2D eigenvalue weighted by atomic mass is 9.88. The molecule has 0 atom stereocenters. The molecule has 0 heterocycles. The van der Waals surface area contributed by atoms with Crippen LogP contribution in [-0.4, -0.2) is 29.4 Å². The van der Waals surface area contributed by atoms with Gasteiger partial charge in [-0.3, -0.25) is 30.6 Å². The van der Waals surface area contributed by atoms with Crippen LogP contribution in [0.5, 0.6) is 5.75 Å². The third-order valence-corrected chi connectivity index (χ3v) is 6.55. The fraction of sp³-hybridized carbons (Fsp3) is 0.385. The number of rotatable bonds is 8. The summed E-state index contributed by atoms with van der Waals surface area (Å²) in [5.74, 6) is -0.376. The van der Waals surface area contributed by atoms with Crippen molar-refractivity contribution in [3.05, 3.63) is 58.1 Å². The van der Waals surface area contributed by atoms with E-state index in [1.165, 1.54) is 6.42 Å². The van der Waals surface area contributed by atoms with Crippen molar-refractivity contribution in [1.82, 2.24) is 16.2 Å². The van der Waals surface area contributed by atoms with Gasteiger partial charge in [-0.25, -0.2) is 0 Å². The molecule has 1 aliphatic rings. The molecule has 3 amide bonds. The molecule has 0 unspecified atom stereocenters. The normalized spacial score (nSPS) is 13.4. The van der Waals surface area contributed by atoms with Crippen LogP contribution in [0.25, 0.3) is 0 Å². The zero-order valence-electron chi connectivity index (χ0n) is 20.2. The third-order valence-electron chi connectivity index (χ3n) is 5.85. The van der Waals surface area contributed by atoms with Gasteiger partial charge >= 0.3 is 0 Å². The highest BCUT2D eigenvalue weighted by Gasteiger charge is 2.21. The van der Waals surface area contributed by atoms with Gasteiger partial charge < -0.3 is 10.1 Å². The van der Waals surface area contributed by atoms with Crippen molar-refractivity contribution in [3.63, 3.8) is 0 Å². The summed E-state index contributed by atoms with van der Waals surface area (Å²) in [4.78, 5) is 37.6. The number of ether oxygens (including phenoxy) is 1. The topological polar surface area (TPSA) is 109 Å². The van der Waals surface area contributed by atoms with Crippen LogP contribution < -0.4 is 26.2 Å². The lowest BCUT2D eigenvalue weighted by Crippen LogP contribution is -2.48. The van der Waals surface area contributed by atoms with Crippen LogP contribution in [0.2, 0.25) is 0 Å². The zero-order chi connectivity index (χ0) is 25.9. The average molecular weight is 576 g/mol. The van der Waals surface area contributed by atoms with Crippen LogP contribution in [0.1, 0.15) is 72.6 Å². The molecule has 10 heteroatoms. The maximum atomic E-state index is 12.7. The van der Waals surface area contributed by atoms with Crippen LogP contribution in [-0.2, 0) is 4.79 Å². The highest BCUT2D eigenvalue weighted by molar-refractivity contribution is 9.10. The predicted octanol–water partition coefficient (Wildman–Crippen LogP) is 5.10. The van der Waals surface area contributed by atoms with Gasteiger partial charge in [0, 0.05) is 21.6 Å². The van der Waals surface area contributed by atoms with Crippen LogP contribution in [0.15, 0.2) is 46.9 Å². The molecule has 0 saturated heterocycles. The Morgan fingerprint density at radius 1 is 1.00 bits per heavy atom. The zero-order valence-corrected chi connectivity index (χ0v) is 22.6. The van der Waals surface area contributed by atoms with Gasteiger partial charge in [0.25, 0.3) is 11.8 Å². The number of thiocarbonyl (C=S) groups is 1. The monoisotopic (exact) mass is 574 g/mol. The lowest BCUT2D eigenvalue weighted by Gasteiger charge is -2.20. The lowest BCUT2D eigenvalue weighted by molar-refractivity contribution is -0.120. The second-order valence-corrected chi connectivity index (χ2v) is 9.93. The molecule has 36 heavy (non-hydrogen) atoms. The Balaban J connectivity index is 1.49. The van der Waals surface area contributed by atoms with Gasteiger partial charge in [0.2, 0.25) is 5.91 Å². The van der Waals surface area contributed by atoms with E-state index < -0.39 is 11.8 Å². The van der Waals surface area contributed by atoms with Crippen LogP contribution >= 0.6 is 28.1 Å². The summed E-state index contributed by atoms with van der Waals surface area (Å²) in [5, 5.41) is 5.40. The maximum Gasteiger partial charge on any atom is 0.269 e. The number of amides is 3. The van der Waals surface area contributed by atoms with Gasteiger partial charge in [-0.1, -0.05) is 48.5 Å². The fourth-order valence-corrected chi connectivity index (χ4v) is 4.34. The number of nitrogens with one attached hydrogen (secondary N) is 4. The van der Waals surface area contributed by atoms with E-state index in [0.717, 1.165) is 43.0 Å². The van der Waals surface area contributed by atoms with Gasteiger partial charge in [-0.05, 0) is 73.9 Å². The Kier molecular flexibility index (Phi) is 10.7. The maximum absolute atomic E-state index is 12.7. The Labute approximate surface area is 225 Å². The molecule has 1 saturated carbocycles. The molecular formula is C26H31BrN4O4S. The molecular weight excluding hydrogens is 544 g/mol. The first-order chi connectivity index (χ1) is 17.4. The molecule has 1 aliphatic carbocycles. The number of halogens is 1. The van der Waals surface area contributed by atoms with Gasteiger partial charge in [-0.15, -0.1) is 0 Å². The number of hydrazine groups is 1. The van der Waals surface area contributed by atoms with E-state index in [4.69, 9.17) is 17.0 Å². The number of carbonyl (C=O) groups is 3. The Morgan fingerprint density at radius 2 is 1.72 bits per heavy atom. The van der Waals surface area contributed by atoms with Crippen LogP contribution in [0.3, 0.4) is 0 Å². The SMILES string of the molecule is CCCCOc1ccc(Br)cc1C(=O)NC(=S)NNC(=O)c1ccc(NC(=O)C2CCCCC2)cc1. The quantitative estimate of drug-likeness (QED) is 0.198. The summed E-state index contributed by atoms with van der Waals surface area (Å²) in [5.41, 5.74) is 6.33. The molecule has 3 rings (SSSR count). The third kappa shape index (κ3) is 8.30. The van der Waals surface area contributed by atoms with E-state index in [2.05, 4.69) is 44.3 Å². The minimum absolute atomic E-state index is 0.0269. The summed E-state index contributed by atoms with van der Waals surface area (Å²) in [6, 6.07) is 11.7. The van der Waals surface area contributed by atoms with Crippen LogP contribution in [0, 0.1) is 5.92 Å². The molecule has 0 bridgehead atoms. The number of anilines is 1. The van der Waals surface area contributed by atoms with Crippen LogP contribution in [0.4, 0.5) is 5.69 Å². The summed E-state index contributed by atoms with van der Waals surface area (Å²) in [6.07, 6.45) is 7.05. The molecule has 8 nitrogen and oxygen atoms in total. The summed E-state index contributed by atoms with van der Waals surface area (Å²) in [7, 11) is 0. The van der Waals surface area contributed by atoms with Crippen molar-refractivity contribution in [2.24, 2.45) is 5.92 Å². The second kappa shape index (κ2) is 13.9. The number of unbranched alkanes of at least 4 members (excludes halogenated alkanes) is 1. The predicted molar refractivity (Wildman–Crippen MR) is 147 cm³/mol. The Bertz CT molecular complexity index is 1090. The summed E-state index contributed by atoms with van der Waals surface area (Å²) < 4.78 is 6.44. The highest BCUT2D eigenvalue weighted by atomic mass is 79.9. The van der Waals surface area contributed by atoms with Gasteiger partial charge in [-0.2, -0.15) is 0 Å². The van der Waals surface area contributed by atoms with Gasteiger partial charge in [0.15, 0.2) is 5.11 Å². The van der Waals surface area contributed by atoms with Crippen molar-refractivity contribution < 1.29 is 19.1 Å². The minimum Gasteiger partial charge on any atom is -0.493 e. The number of carbonyl (C=O) groups excluding carboxylic acids is 3. The summed E-state index contributed by atoms with van der Waals surface area (Å²) >= 11 is 8.52. The highest BCUT2D eigenvalue weighted by Crippen LogP contribution is 2.25. The van der Waals surface area contributed by atoms with Crippen molar-refractivity contribution >= 4 is 56.7 Å². The molecule has 0 aromatic heterocycles. The van der Waals surface area contributed by atoms with E-state index in [1.807, 2.05) is 0 Å². The Hall–Kier alpha value is -2.98. The molecule has 0 aliphatic heterocycles. The molecule has 2 aromatic carbocycles. The molecule has 0 radical (unpaired) electrons. The first kappa shape index (κ1) is 27.6. The molecule has 0 spiro atoms. The number of hydrogen-bond acceptors (Lipinski definition) is 5. The number of benzene rings is 2. The standard InChI is InChI=1S/C26H31BrN4O4S/c1-2-3-15-35-22-14-11-19(27)16-21(22)25(34)29-26(36)31-30-24(33)18-9-12-20(13-10-18)28-23(32)17-7-5-4-6-8-17/h9-14,16-17H,2-8,15H2,1H3,(H,28,32)(H,30,33)(H2,29,31,34,36). The molecule has 2 aromatic rings. The Morgan fingerprint density at radius 3 is 2.42 bits per heavy atom.